The summed E-state index contributed by atoms with van der Waals surface area (Å²) in [5.41, 5.74) is 4.83. The van der Waals surface area contributed by atoms with E-state index in [1.54, 1.807) is 12.3 Å². The predicted octanol–water partition coefficient (Wildman–Crippen LogP) is 2.66. The Bertz CT molecular complexity index is 735. The predicted molar refractivity (Wildman–Crippen MR) is 92.9 cm³/mol. The molecule has 6 nitrogen and oxygen atoms in total. The molecule has 24 heavy (non-hydrogen) atoms. The Labute approximate surface area is 140 Å². The standard InChI is InChI=1S/C18H20N4O2/c1-3-15(4-2-13(1)14-5-8-19-9-6-14)17-11-16(24-21-17)12-20-18-7-10-23-22-18/h1-5,7,10,16,19H,6,8-9,11-12H2,(H,20,22). The van der Waals surface area contributed by atoms with E-state index in [1.165, 1.54) is 11.1 Å². The van der Waals surface area contributed by atoms with Crippen molar-refractivity contribution in [2.75, 3.05) is 25.0 Å². The molecule has 0 fully saturated rings. The molecular formula is C18H20N4O2. The molecule has 4 rings (SSSR count). The topological polar surface area (TPSA) is 71.7 Å². The first-order valence-electron chi connectivity index (χ1n) is 8.26. The van der Waals surface area contributed by atoms with Gasteiger partial charge in [0.2, 0.25) is 0 Å². The van der Waals surface area contributed by atoms with Crippen molar-refractivity contribution in [3.63, 3.8) is 0 Å². The fraction of sp³-hybridized carbons (Fsp3) is 0.333. The second-order valence-corrected chi connectivity index (χ2v) is 6.00. The second kappa shape index (κ2) is 6.88. The van der Waals surface area contributed by atoms with E-state index in [0.29, 0.717) is 12.4 Å². The van der Waals surface area contributed by atoms with Crippen molar-refractivity contribution in [3.8, 4) is 0 Å². The SMILES string of the molecule is C1=C(c2ccc(C3=NOC(CNc4ccon4)C3)cc2)CCNC1. The summed E-state index contributed by atoms with van der Waals surface area (Å²) in [5, 5.41) is 14.6. The van der Waals surface area contributed by atoms with Gasteiger partial charge in [0, 0.05) is 19.0 Å². The molecule has 1 unspecified atom stereocenters. The van der Waals surface area contributed by atoms with Crippen molar-refractivity contribution in [2.45, 2.75) is 18.9 Å². The first kappa shape index (κ1) is 15.0. The van der Waals surface area contributed by atoms with Crippen molar-refractivity contribution >= 4 is 17.1 Å². The number of anilines is 1. The third-order valence-electron chi connectivity index (χ3n) is 4.33. The average molecular weight is 324 g/mol. The van der Waals surface area contributed by atoms with Crippen LogP contribution in [0.1, 0.15) is 24.0 Å². The fourth-order valence-corrected chi connectivity index (χ4v) is 2.99. The van der Waals surface area contributed by atoms with Gasteiger partial charge in [0.05, 0.1) is 12.3 Å². The summed E-state index contributed by atoms with van der Waals surface area (Å²) in [6, 6.07) is 10.4. The van der Waals surface area contributed by atoms with E-state index in [1.807, 2.05) is 0 Å². The van der Waals surface area contributed by atoms with Crippen LogP contribution in [0.15, 0.2) is 52.3 Å². The van der Waals surface area contributed by atoms with Gasteiger partial charge in [-0.1, -0.05) is 40.7 Å². The number of hydrogen-bond acceptors (Lipinski definition) is 6. The highest BCUT2D eigenvalue weighted by Crippen LogP contribution is 2.22. The number of oxime groups is 1. The summed E-state index contributed by atoms with van der Waals surface area (Å²) in [4.78, 5) is 5.51. The van der Waals surface area contributed by atoms with Gasteiger partial charge in [0.1, 0.15) is 12.4 Å². The summed E-state index contributed by atoms with van der Waals surface area (Å²) in [6.45, 7) is 2.66. The van der Waals surface area contributed by atoms with Crippen molar-refractivity contribution in [2.24, 2.45) is 5.16 Å². The van der Waals surface area contributed by atoms with Gasteiger partial charge in [0.25, 0.3) is 0 Å². The van der Waals surface area contributed by atoms with Crippen molar-refractivity contribution in [3.05, 3.63) is 53.8 Å². The van der Waals surface area contributed by atoms with Gasteiger partial charge >= 0.3 is 0 Å². The molecule has 6 heteroatoms. The number of hydrogen-bond donors (Lipinski definition) is 2. The van der Waals surface area contributed by atoms with Crippen molar-refractivity contribution in [1.82, 2.24) is 10.5 Å². The minimum atomic E-state index is 0.0171. The largest absolute Gasteiger partial charge is 0.390 e. The zero-order valence-electron chi connectivity index (χ0n) is 13.4. The molecule has 2 N–H and O–H groups in total. The highest BCUT2D eigenvalue weighted by Gasteiger charge is 2.22. The summed E-state index contributed by atoms with van der Waals surface area (Å²) in [5.74, 6) is 0.714. The molecule has 0 bridgehead atoms. The molecule has 1 atom stereocenters. The molecule has 1 aromatic carbocycles. The summed E-state index contributed by atoms with van der Waals surface area (Å²) >= 11 is 0. The summed E-state index contributed by atoms with van der Waals surface area (Å²) < 4.78 is 4.79. The zero-order valence-corrected chi connectivity index (χ0v) is 13.4. The van der Waals surface area contributed by atoms with Crippen LogP contribution in [0.5, 0.6) is 0 Å². The van der Waals surface area contributed by atoms with Crippen LogP contribution in [0, 0.1) is 0 Å². The van der Waals surface area contributed by atoms with E-state index in [-0.39, 0.29) is 6.10 Å². The summed E-state index contributed by atoms with van der Waals surface area (Å²) in [7, 11) is 0. The third kappa shape index (κ3) is 3.33. The molecule has 0 saturated heterocycles. The van der Waals surface area contributed by atoms with E-state index in [2.05, 4.69) is 51.3 Å². The smallest absolute Gasteiger partial charge is 0.169 e. The third-order valence-corrected chi connectivity index (χ3v) is 4.33. The molecule has 0 spiro atoms. The van der Waals surface area contributed by atoms with Crippen LogP contribution in [0.3, 0.4) is 0 Å². The van der Waals surface area contributed by atoms with Crippen molar-refractivity contribution in [1.29, 1.82) is 0 Å². The first-order chi connectivity index (χ1) is 11.9. The van der Waals surface area contributed by atoms with Crippen LogP contribution < -0.4 is 10.6 Å². The number of rotatable bonds is 5. The lowest BCUT2D eigenvalue weighted by molar-refractivity contribution is 0.0948. The van der Waals surface area contributed by atoms with E-state index in [4.69, 9.17) is 9.36 Å². The highest BCUT2D eigenvalue weighted by molar-refractivity contribution is 6.01. The Kier molecular flexibility index (Phi) is 4.29. The molecule has 0 saturated carbocycles. The quantitative estimate of drug-likeness (QED) is 0.885. The number of benzene rings is 1. The summed E-state index contributed by atoms with van der Waals surface area (Å²) in [6.07, 6.45) is 5.69. The van der Waals surface area contributed by atoms with Gasteiger partial charge in [-0.2, -0.15) is 0 Å². The molecular weight excluding hydrogens is 304 g/mol. The monoisotopic (exact) mass is 324 g/mol. The molecule has 2 aromatic rings. The van der Waals surface area contributed by atoms with E-state index in [0.717, 1.165) is 37.2 Å². The van der Waals surface area contributed by atoms with E-state index in [9.17, 15) is 0 Å². The van der Waals surface area contributed by atoms with E-state index >= 15 is 0 Å². The number of nitrogens with one attached hydrogen (secondary N) is 2. The molecule has 2 aliphatic rings. The van der Waals surface area contributed by atoms with Gasteiger partial charge in [-0.15, -0.1) is 0 Å². The fourth-order valence-electron chi connectivity index (χ4n) is 2.99. The van der Waals surface area contributed by atoms with Gasteiger partial charge in [-0.25, -0.2) is 0 Å². The Morgan fingerprint density at radius 3 is 2.79 bits per heavy atom. The van der Waals surface area contributed by atoms with Crippen LogP contribution >= 0.6 is 0 Å². The second-order valence-electron chi connectivity index (χ2n) is 6.00. The maximum Gasteiger partial charge on any atom is 0.169 e. The highest BCUT2D eigenvalue weighted by atomic mass is 16.6. The first-order valence-corrected chi connectivity index (χ1v) is 8.26. The van der Waals surface area contributed by atoms with Gasteiger partial charge in [0.15, 0.2) is 5.82 Å². The Morgan fingerprint density at radius 1 is 1.17 bits per heavy atom. The average Bonchev–Trinajstić information content (AvgIpc) is 3.33. The minimum Gasteiger partial charge on any atom is -0.390 e. The van der Waals surface area contributed by atoms with Gasteiger partial charge in [-0.3, -0.25) is 0 Å². The molecule has 124 valence electrons. The Hall–Kier alpha value is -2.60. The normalized spacial score (nSPS) is 20.2. The number of aromatic nitrogens is 1. The lowest BCUT2D eigenvalue weighted by Gasteiger charge is -2.14. The molecule has 2 aliphatic heterocycles. The van der Waals surface area contributed by atoms with Gasteiger partial charge < -0.3 is 20.0 Å². The van der Waals surface area contributed by atoms with Crippen LogP contribution in [-0.2, 0) is 4.84 Å². The lowest BCUT2D eigenvalue weighted by Crippen LogP contribution is -2.20. The molecule has 3 heterocycles. The lowest BCUT2D eigenvalue weighted by atomic mass is 9.97. The zero-order chi connectivity index (χ0) is 16.2. The van der Waals surface area contributed by atoms with Crippen LogP contribution in [-0.4, -0.2) is 36.6 Å². The molecule has 0 radical (unpaired) electrons. The van der Waals surface area contributed by atoms with Crippen LogP contribution in [0.2, 0.25) is 0 Å². The Morgan fingerprint density at radius 2 is 2.04 bits per heavy atom. The maximum absolute atomic E-state index is 5.51. The van der Waals surface area contributed by atoms with E-state index < -0.39 is 0 Å². The maximum atomic E-state index is 5.51. The Balaban J connectivity index is 1.35. The van der Waals surface area contributed by atoms with Crippen molar-refractivity contribution < 1.29 is 9.36 Å². The minimum absolute atomic E-state index is 0.0171. The number of nitrogens with zero attached hydrogens (tertiary/aromatic N) is 2. The van der Waals surface area contributed by atoms with Crippen LogP contribution in [0.4, 0.5) is 5.82 Å². The molecule has 0 amide bonds. The van der Waals surface area contributed by atoms with Crippen LogP contribution in [0.25, 0.3) is 5.57 Å². The van der Waals surface area contributed by atoms with Gasteiger partial charge in [-0.05, 0) is 29.7 Å². The molecule has 0 aliphatic carbocycles. The molecule has 1 aromatic heterocycles.